The lowest BCUT2D eigenvalue weighted by Gasteiger charge is -2.04. The smallest absolute Gasteiger partial charge is 0.126 e. The third kappa shape index (κ3) is 1.47. The van der Waals surface area contributed by atoms with Crippen molar-refractivity contribution in [1.82, 2.24) is 0 Å². The number of hydrogen-bond acceptors (Lipinski definition) is 1. The van der Waals surface area contributed by atoms with Crippen LogP contribution in [0.25, 0.3) is 10.8 Å². The van der Waals surface area contributed by atoms with Gasteiger partial charge in [0.05, 0.1) is 7.11 Å². The van der Waals surface area contributed by atoms with Crippen molar-refractivity contribution in [3.8, 4) is 5.75 Å². The Morgan fingerprint density at radius 3 is 2.77 bits per heavy atom. The van der Waals surface area contributed by atoms with Crippen LogP contribution in [0.4, 0.5) is 0 Å². The first-order valence-corrected chi connectivity index (χ1v) is 4.41. The molecule has 2 aromatic rings. The third-order valence-corrected chi connectivity index (χ3v) is 2.26. The fourth-order valence-corrected chi connectivity index (χ4v) is 1.57. The van der Waals surface area contributed by atoms with Crippen LogP contribution in [-0.2, 0) is 0 Å². The van der Waals surface area contributed by atoms with Crippen molar-refractivity contribution in [3.63, 3.8) is 0 Å². The normalized spacial score (nSPS) is 10.3. The van der Waals surface area contributed by atoms with Crippen LogP contribution in [0.5, 0.6) is 5.75 Å². The molecule has 0 radical (unpaired) electrons. The fraction of sp³-hybridized carbons (Fsp3) is 0.0909. The molecule has 0 aliphatic carbocycles. The average molecular weight is 193 g/mol. The second-order valence-corrected chi connectivity index (χ2v) is 3.26. The lowest BCUT2D eigenvalue weighted by atomic mass is 10.1. The van der Waals surface area contributed by atoms with E-state index in [1.165, 1.54) is 0 Å². The molecule has 66 valence electrons. The zero-order chi connectivity index (χ0) is 9.26. The van der Waals surface area contributed by atoms with E-state index in [-0.39, 0.29) is 0 Å². The molecule has 0 saturated heterocycles. The molecule has 0 unspecified atom stereocenters. The predicted molar refractivity (Wildman–Crippen MR) is 55.5 cm³/mol. The molecular formula is C11H9ClO. The first-order valence-electron chi connectivity index (χ1n) is 4.03. The first-order chi connectivity index (χ1) is 6.31. The van der Waals surface area contributed by atoms with E-state index in [0.717, 1.165) is 21.5 Å². The van der Waals surface area contributed by atoms with Crippen LogP contribution in [0.3, 0.4) is 0 Å². The third-order valence-electron chi connectivity index (χ3n) is 2.02. The van der Waals surface area contributed by atoms with Crippen LogP contribution in [0, 0.1) is 0 Å². The quantitative estimate of drug-likeness (QED) is 0.672. The Bertz CT molecular complexity index is 437. The van der Waals surface area contributed by atoms with E-state index < -0.39 is 0 Å². The van der Waals surface area contributed by atoms with Crippen LogP contribution < -0.4 is 4.74 Å². The van der Waals surface area contributed by atoms with Crippen molar-refractivity contribution in [2.24, 2.45) is 0 Å². The van der Waals surface area contributed by atoms with Gasteiger partial charge in [0, 0.05) is 10.4 Å². The number of ether oxygens (including phenoxy) is 1. The summed E-state index contributed by atoms with van der Waals surface area (Å²) in [5, 5.41) is 2.93. The highest BCUT2D eigenvalue weighted by atomic mass is 35.5. The second-order valence-electron chi connectivity index (χ2n) is 2.83. The molecule has 0 spiro atoms. The highest BCUT2D eigenvalue weighted by Gasteiger charge is 2.00. The van der Waals surface area contributed by atoms with Crippen LogP contribution in [-0.4, -0.2) is 7.11 Å². The highest BCUT2D eigenvalue weighted by molar-refractivity contribution is 6.31. The molecule has 0 bridgehead atoms. The van der Waals surface area contributed by atoms with E-state index in [2.05, 4.69) is 0 Å². The Kier molecular flexibility index (Phi) is 2.11. The lowest BCUT2D eigenvalue weighted by molar-refractivity contribution is 0.420. The molecule has 1 nitrogen and oxygen atoms in total. The molecule has 0 saturated carbocycles. The van der Waals surface area contributed by atoms with Gasteiger partial charge in [0.15, 0.2) is 0 Å². The van der Waals surface area contributed by atoms with Crippen molar-refractivity contribution < 1.29 is 4.74 Å². The molecule has 0 aliphatic heterocycles. The van der Waals surface area contributed by atoms with E-state index in [1.807, 2.05) is 36.4 Å². The van der Waals surface area contributed by atoms with Gasteiger partial charge >= 0.3 is 0 Å². The monoisotopic (exact) mass is 192 g/mol. The summed E-state index contributed by atoms with van der Waals surface area (Å²) in [5.41, 5.74) is 0. The Morgan fingerprint density at radius 1 is 1.15 bits per heavy atom. The van der Waals surface area contributed by atoms with Gasteiger partial charge in [-0.05, 0) is 23.6 Å². The molecule has 0 amide bonds. The summed E-state index contributed by atoms with van der Waals surface area (Å²) in [6.45, 7) is 0. The van der Waals surface area contributed by atoms with Gasteiger partial charge in [0.25, 0.3) is 0 Å². The standard InChI is InChI=1S/C11H9ClO/c1-13-11-4-2-3-8-5-6-9(12)7-10(8)11/h2-7H,1H3. The van der Waals surface area contributed by atoms with E-state index in [4.69, 9.17) is 16.3 Å². The Hall–Kier alpha value is -1.21. The van der Waals surface area contributed by atoms with Gasteiger partial charge in [-0.2, -0.15) is 0 Å². The number of halogens is 1. The summed E-state index contributed by atoms with van der Waals surface area (Å²) >= 11 is 5.89. The van der Waals surface area contributed by atoms with Gasteiger partial charge in [-0.1, -0.05) is 29.8 Å². The Balaban J connectivity index is 2.79. The maximum atomic E-state index is 5.89. The summed E-state index contributed by atoms with van der Waals surface area (Å²) in [7, 11) is 1.66. The lowest BCUT2D eigenvalue weighted by Crippen LogP contribution is -1.83. The molecular weight excluding hydrogens is 184 g/mol. The first kappa shape index (κ1) is 8.39. The number of benzene rings is 2. The molecule has 2 aromatic carbocycles. The van der Waals surface area contributed by atoms with E-state index in [0.29, 0.717) is 0 Å². The Labute approximate surface area is 81.9 Å². The topological polar surface area (TPSA) is 9.23 Å². The van der Waals surface area contributed by atoms with Gasteiger partial charge in [-0.15, -0.1) is 0 Å². The zero-order valence-electron chi connectivity index (χ0n) is 7.25. The number of rotatable bonds is 1. The molecule has 13 heavy (non-hydrogen) atoms. The average Bonchev–Trinajstić information content (AvgIpc) is 2.17. The summed E-state index contributed by atoms with van der Waals surface area (Å²) in [5.74, 6) is 0.861. The minimum Gasteiger partial charge on any atom is -0.496 e. The largest absolute Gasteiger partial charge is 0.496 e. The Morgan fingerprint density at radius 2 is 2.00 bits per heavy atom. The van der Waals surface area contributed by atoms with Gasteiger partial charge in [-0.25, -0.2) is 0 Å². The van der Waals surface area contributed by atoms with Gasteiger partial charge < -0.3 is 4.74 Å². The molecule has 0 aliphatic rings. The van der Waals surface area contributed by atoms with Crippen LogP contribution in [0.1, 0.15) is 0 Å². The maximum Gasteiger partial charge on any atom is 0.126 e. The van der Waals surface area contributed by atoms with Crippen molar-refractivity contribution in [1.29, 1.82) is 0 Å². The van der Waals surface area contributed by atoms with E-state index in [9.17, 15) is 0 Å². The van der Waals surface area contributed by atoms with Crippen molar-refractivity contribution in [3.05, 3.63) is 41.4 Å². The minimum absolute atomic E-state index is 0.733. The second kappa shape index (κ2) is 3.27. The van der Waals surface area contributed by atoms with Crippen LogP contribution in [0.2, 0.25) is 5.02 Å². The van der Waals surface area contributed by atoms with Gasteiger partial charge in [-0.3, -0.25) is 0 Å². The number of hydrogen-bond donors (Lipinski definition) is 0. The molecule has 0 aromatic heterocycles. The molecule has 0 atom stereocenters. The minimum atomic E-state index is 0.733. The number of fused-ring (bicyclic) bond motifs is 1. The van der Waals surface area contributed by atoms with Crippen molar-refractivity contribution in [2.75, 3.05) is 7.11 Å². The van der Waals surface area contributed by atoms with E-state index in [1.54, 1.807) is 7.11 Å². The molecule has 2 heteroatoms. The van der Waals surface area contributed by atoms with Crippen molar-refractivity contribution in [2.45, 2.75) is 0 Å². The molecule has 0 heterocycles. The number of methoxy groups -OCH3 is 1. The SMILES string of the molecule is COc1cccc2ccc(Cl)cc12. The molecule has 0 fully saturated rings. The maximum absolute atomic E-state index is 5.89. The van der Waals surface area contributed by atoms with E-state index >= 15 is 0 Å². The van der Waals surface area contributed by atoms with Gasteiger partial charge in [0.1, 0.15) is 5.75 Å². The zero-order valence-corrected chi connectivity index (χ0v) is 8.01. The fourth-order valence-electron chi connectivity index (χ4n) is 1.39. The molecule has 2 rings (SSSR count). The summed E-state index contributed by atoms with van der Waals surface area (Å²) in [6, 6.07) is 11.7. The highest BCUT2D eigenvalue weighted by Crippen LogP contribution is 2.27. The predicted octanol–water partition coefficient (Wildman–Crippen LogP) is 3.50. The summed E-state index contributed by atoms with van der Waals surface area (Å²) < 4.78 is 5.22. The summed E-state index contributed by atoms with van der Waals surface area (Å²) in [4.78, 5) is 0. The van der Waals surface area contributed by atoms with Crippen LogP contribution in [0.15, 0.2) is 36.4 Å². The van der Waals surface area contributed by atoms with Crippen LogP contribution >= 0.6 is 11.6 Å². The van der Waals surface area contributed by atoms with Crippen molar-refractivity contribution >= 4 is 22.4 Å². The summed E-state index contributed by atoms with van der Waals surface area (Å²) in [6.07, 6.45) is 0. The molecule has 0 N–H and O–H groups in total. The van der Waals surface area contributed by atoms with Gasteiger partial charge in [0.2, 0.25) is 0 Å².